The van der Waals surface area contributed by atoms with Crippen molar-refractivity contribution in [1.29, 1.82) is 0 Å². The van der Waals surface area contributed by atoms with Crippen LogP contribution in [0.3, 0.4) is 0 Å². The number of carbonyl (C=O) groups excluding carboxylic acids is 1. The zero-order chi connectivity index (χ0) is 17.4. The van der Waals surface area contributed by atoms with Crippen LogP contribution in [0.2, 0.25) is 0 Å². The highest BCUT2D eigenvalue weighted by molar-refractivity contribution is 14.1. The van der Waals surface area contributed by atoms with Gasteiger partial charge in [-0.1, -0.05) is 23.5 Å². The molecular weight excluding hydrogens is 451 g/mol. The number of amides is 1. The molecule has 25 heavy (non-hydrogen) atoms. The molecule has 1 amide bonds. The number of ether oxygens (including phenoxy) is 2. The second-order valence-corrected chi connectivity index (χ2v) is 7.66. The van der Waals surface area contributed by atoms with Crippen LogP contribution in [0.5, 0.6) is 11.5 Å². The predicted octanol–water partition coefficient (Wildman–Crippen LogP) is 3.84. The number of thiazole rings is 1. The molecule has 0 fully saturated rings. The van der Waals surface area contributed by atoms with Crippen molar-refractivity contribution in [2.75, 3.05) is 13.2 Å². The lowest BCUT2D eigenvalue weighted by Crippen LogP contribution is -2.17. The van der Waals surface area contributed by atoms with Crippen LogP contribution in [0.25, 0.3) is 10.2 Å². The molecule has 128 valence electrons. The molecule has 0 saturated carbocycles. The summed E-state index contributed by atoms with van der Waals surface area (Å²) in [6, 6.07) is 11.4. The minimum absolute atomic E-state index is 0.226. The number of rotatable bonds is 2. The van der Waals surface area contributed by atoms with E-state index in [1.54, 1.807) is 6.07 Å². The molecule has 0 unspecified atom stereocenters. The number of aryl methyl sites for hydroxylation is 1. The maximum atomic E-state index is 12.6. The monoisotopic (exact) mass is 466 g/mol. The fourth-order valence-electron chi connectivity index (χ4n) is 2.78. The van der Waals surface area contributed by atoms with Gasteiger partial charge in [0.1, 0.15) is 13.2 Å². The van der Waals surface area contributed by atoms with E-state index in [1.807, 2.05) is 41.8 Å². The first-order valence-corrected chi connectivity index (χ1v) is 9.83. The maximum Gasteiger partial charge on any atom is 0.280 e. The van der Waals surface area contributed by atoms with Gasteiger partial charge in [-0.2, -0.15) is 4.99 Å². The maximum absolute atomic E-state index is 12.6. The van der Waals surface area contributed by atoms with Crippen LogP contribution in [0, 0.1) is 3.57 Å². The third-order valence-electron chi connectivity index (χ3n) is 3.96. The molecule has 0 spiro atoms. The molecule has 0 atom stereocenters. The van der Waals surface area contributed by atoms with Gasteiger partial charge in [0.2, 0.25) is 0 Å². The molecule has 4 rings (SSSR count). The van der Waals surface area contributed by atoms with E-state index in [9.17, 15) is 4.79 Å². The Balaban J connectivity index is 1.87. The summed E-state index contributed by atoms with van der Waals surface area (Å²) in [5.41, 5.74) is 1.63. The first kappa shape index (κ1) is 16.6. The van der Waals surface area contributed by atoms with E-state index in [4.69, 9.17) is 9.47 Å². The van der Waals surface area contributed by atoms with Crippen LogP contribution >= 0.6 is 33.9 Å². The number of halogens is 1. The quantitative estimate of drug-likeness (QED) is 0.540. The van der Waals surface area contributed by atoms with Gasteiger partial charge in [-0.25, -0.2) is 0 Å². The van der Waals surface area contributed by atoms with Gasteiger partial charge in [0.25, 0.3) is 5.91 Å². The summed E-state index contributed by atoms with van der Waals surface area (Å²) in [4.78, 5) is 17.7. The molecule has 0 saturated heterocycles. The van der Waals surface area contributed by atoms with Crippen molar-refractivity contribution in [1.82, 2.24) is 4.57 Å². The number of fused-ring (bicyclic) bond motifs is 2. The lowest BCUT2D eigenvalue weighted by Gasteiger charge is -2.18. The highest BCUT2D eigenvalue weighted by Gasteiger charge is 2.16. The van der Waals surface area contributed by atoms with Crippen LogP contribution in [0.1, 0.15) is 17.3 Å². The van der Waals surface area contributed by atoms with Crippen molar-refractivity contribution >= 4 is 50.1 Å². The predicted molar refractivity (Wildman–Crippen MR) is 106 cm³/mol. The summed E-state index contributed by atoms with van der Waals surface area (Å²) in [6.45, 7) is 3.87. The lowest BCUT2D eigenvalue weighted by atomic mass is 10.2. The SMILES string of the molecule is CCn1c(=NC(=O)c2ccccc2I)sc2cc3c(cc21)OCCO3. The van der Waals surface area contributed by atoms with E-state index in [1.165, 1.54) is 11.3 Å². The minimum Gasteiger partial charge on any atom is -0.486 e. The summed E-state index contributed by atoms with van der Waals surface area (Å²) in [5.74, 6) is 1.27. The Morgan fingerprint density at radius 3 is 2.68 bits per heavy atom. The largest absolute Gasteiger partial charge is 0.486 e. The molecule has 0 bridgehead atoms. The molecule has 1 aliphatic heterocycles. The first-order chi connectivity index (χ1) is 12.2. The van der Waals surface area contributed by atoms with Gasteiger partial charge in [0.05, 0.1) is 15.8 Å². The molecule has 7 heteroatoms. The van der Waals surface area contributed by atoms with Gasteiger partial charge in [0.15, 0.2) is 16.3 Å². The second-order valence-electron chi connectivity index (χ2n) is 5.49. The van der Waals surface area contributed by atoms with E-state index < -0.39 is 0 Å². The van der Waals surface area contributed by atoms with Crippen LogP contribution in [-0.2, 0) is 6.54 Å². The number of nitrogens with zero attached hydrogens (tertiary/aromatic N) is 2. The summed E-state index contributed by atoms with van der Waals surface area (Å²) >= 11 is 3.65. The van der Waals surface area contributed by atoms with Gasteiger partial charge in [-0.3, -0.25) is 4.79 Å². The smallest absolute Gasteiger partial charge is 0.280 e. The molecule has 5 nitrogen and oxygen atoms in total. The van der Waals surface area contributed by atoms with Crippen LogP contribution < -0.4 is 14.3 Å². The number of aromatic nitrogens is 1. The molecule has 0 N–H and O–H groups in total. The van der Waals surface area contributed by atoms with Crippen molar-refractivity contribution in [3.05, 3.63) is 50.3 Å². The molecular formula is C18H15IN2O3S. The summed E-state index contributed by atoms with van der Waals surface area (Å²) < 4.78 is 15.3. The zero-order valence-electron chi connectivity index (χ0n) is 13.5. The van der Waals surface area contributed by atoms with Gasteiger partial charge < -0.3 is 14.0 Å². The highest BCUT2D eigenvalue weighted by atomic mass is 127. The summed E-state index contributed by atoms with van der Waals surface area (Å²) in [6.07, 6.45) is 0. The zero-order valence-corrected chi connectivity index (χ0v) is 16.5. The number of hydrogen-bond donors (Lipinski definition) is 0. The third kappa shape index (κ3) is 3.06. The van der Waals surface area contributed by atoms with Gasteiger partial charge in [-0.15, -0.1) is 0 Å². The lowest BCUT2D eigenvalue weighted by molar-refractivity contribution is 0.0997. The molecule has 2 aromatic carbocycles. The van der Waals surface area contributed by atoms with E-state index in [2.05, 4.69) is 27.6 Å². The normalized spacial score (nSPS) is 14.1. The Hall–Kier alpha value is -1.87. The molecule has 1 aromatic heterocycles. The Morgan fingerprint density at radius 1 is 1.24 bits per heavy atom. The second kappa shape index (κ2) is 6.80. The van der Waals surface area contributed by atoms with E-state index in [0.717, 1.165) is 31.8 Å². The van der Waals surface area contributed by atoms with E-state index in [0.29, 0.717) is 23.6 Å². The first-order valence-electron chi connectivity index (χ1n) is 7.94. The van der Waals surface area contributed by atoms with Crippen molar-refractivity contribution in [2.45, 2.75) is 13.5 Å². The van der Waals surface area contributed by atoms with Crippen LogP contribution in [0.15, 0.2) is 41.4 Å². The highest BCUT2D eigenvalue weighted by Crippen LogP contribution is 2.35. The van der Waals surface area contributed by atoms with Crippen LogP contribution in [-0.4, -0.2) is 23.7 Å². The molecule has 3 aromatic rings. The van der Waals surface area contributed by atoms with Crippen molar-refractivity contribution in [2.24, 2.45) is 4.99 Å². The summed E-state index contributed by atoms with van der Waals surface area (Å²) in [7, 11) is 0. The Bertz CT molecular complexity index is 1040. The van der Waals surface area contributed by atoms with Gasteiger partial charge in [0, 0.05) is 22.2 Å². The fourth-order valence-corrected chi connectivity index (χ4v) is 4.50. The Kier molecular flexibility index (Phi) is 4.51. The standard InChI is InChI=1S/C18H15IN2O3S/c1-2-21-13-9-14-15(24-8-7-23-14)10-16(13)25-18(21)20-17(22)11-5-3-4-6-12(11)19/h3-6,9-10H,2,7-8H2,1H3. The molecule has 0 radical (unpaired) electrons. The Labute approximate surface area is 162 Å². The number of benzene rings is 2. The summed E-state index contributed by atoms with van der Waals surface area (Å²) in [5, 5.41) is 0. The molecule has 2 heterocycles. The topological polar surface area (TPSA) is 52.8 Å². The molecule has 1 aliphatic rings. The number of hydrogen-bond acceptors (Lipinski definition) is 4. The van der Waals surface area contributed by atoms with Crippen molar-refractivity contribution < 1.29 is 14.3 Å². The minimum atomic E-state index is -0.226. The average Bonchev–Trinajstić information content (AvgIpc) is 2.95. The van der Waals surface area contributed by atoms with Crippen molar-refractivity contribution in [3.63, 3.8) is 0 Å². The average molecular weight is 466 g/mol. The van der Waals surface area contributed by atoms with Gasteiger partial charge >= 0.3 is 0 Å². The van der Waals surface area contributed by atoms with Gasteiger partial charge in [-0.05, 0) is 41.6 Å². The fraction of sp³-hybridized carbons (Fsp3) is 0.222. The van der Waals surface area contributed by atoms with E-state index in [-0.39, 0.29) is 5.91 Å². The van der Waals surface area contributed by atoms with Crippen molar-refractivity contribution in [3.8, 4) is 11.5 Å². The Morgan fingerprint density at radius 2 is 1.96 bits per heavy atom. The number of carbonyl (C=O) groups is 1. The van der Waals surface area contributed by atoms with E-state index >= 15 is 0 Å². The van der Waals surface area contributed by atoms with Crippen LogP contribution in [0.4, 0.5) is 0 Å². The molecule has 0 aliphatic carbocycles. The third-order valence-corrected chi connectivity index (χ3v) is 5.95.